The molecule has 0 heterocycles. The van der Waals surface area contributed by atoms with E-state index in [1.165, 1.54) is 0 Å². The zero-order valence-corrected chi connectivity index (χ0v) is 12.8. The summed E-state index contributed by atoms with van der Waals surface area (Å²) >= 11 is 3.51. The fourth-order valence-electron chi connectivity index (χ4n) is 1.66. The maximum Gasteiger partial charge on any atom is 0.175 e. The van der Waals surface area contributed by atoms with Gasteiger partial charge in [0.05, 0.1) is 18.2 Å². The molecule has 18 heavy (non-hydrogen) atoms. The van der Waals surface area contributed by atoms with Gasteiger partial charge < -0.3 is 19.5 Å². The second-order valence-electron chi connectivity index (χ2n) is 4.02. The molecule has 1 aromatic rings. The quantitative estimate of drug-likeness (QED) is 0.839. The predicted octanol–water partition coefficient (Wildman–Crippen LogP) is 2.59. The summed E-state index contributed by atoms with van der Waals surface area (Å²) in [6.07, 6.45) is -0.0321. The van der Waals surface area contributed by atoms with Crippen molar-refractivity contribution in [2.75, 3.05) is 27.9 Å². The molecule has 0 aliphatic rings. The van der Waals surface area contributed by atoms with E-state index in [0.717, 1.165) is 22.3 Å². The van der Waals surface area contributed by atoms with Crippen molar-refractivity contribution in [3.05, 3.63) is 22.2 Å². The van der Waals surface area contributed by atoms with Crippen molar-refractivity contribution >= 4 is 15.9 Å². The average molecular weight is 318 g/mol. The molecule has 0 spiro atoms. The van der Waals surface area contributed by atoms with Gasteiger partial charge in [0.1, 0.15) is 6.10 Å². The summed E-state index contributed by atoms with van der Waals surface area (Å²) in [6, 6.07) is 3.99. The lowest BCUT2D eigenvalue weighted by molar-refractivity contribution is 0.0894. The summed E-state index contributed by atoms with van der Waals surface area (Å²) in [4.78, 5) is 0. The molecule has 5 heteroatoms. The van der Waals surface area contributed by atoms with Crippen LogP contribution in [0.2, 0.25) is 0 Å². The van der Waals surface area contributed by atoms with Gasteiger partial charge in [-0.1, -0.05) is 0 Å². The molecule has 0 aliphatic heterocycles. The van der Waals surface area contributed by atoms with Crippen molar-refractivity contribution in [2.24, 2.45) is 0 Å². The van der Waals surface area contributed by atoms with E-state index in [2.05, 4.69) is 21.2 Å². The smallest absolute Gasteiger partial charge is 0.175 e. The third-order valence-electron chi connectivity index (χ3n) is 2.39. The van der Waals surface area contributed by atoms with Gasteiger partial charge in [-0.05, 0) is 47.6 Å². The summed E-state index contributed by atoms with van der Waals surface area (Å²) in [5, 5.41) is 3.11. The maximum absolute atomic E-state index is 5.82. The van der Waals surface area contributed by atoms with Crippen LogP contribution in [0.5, 0.6) is 11.5 Å². The van der Waals surface area contributed by atoms with Gasteiger partial charge in [-0.2, -0.15) is 0 Å². The lowest BCUT2D eigenvalue weighted by atomic mass is 10.2. The van der Waals surface area contributed by atoms with Crippen molar-refractivity contribution in [1.29, 1.82) is 0 Å². The van der Waals surface area contributed by atoms with Gasteiger partial charge in [-0.3, -0.25) is 0 Å². The Morgan fingerprint density at radius 1 is 1.33 bits per heavy atom. The van der Waals surface area contributed by atoms with Crippen LogP contribution in [0.15, 0.2) is 16.6 Å². The Hall–Kier alpha value is -0.780. The molecule has 4 nitrogen and oxygen atoms in total. The van der Waals surface area contributed by atoms with Crippen molar-refractivity contribution in [2.45, 2.75) is 19.6 Å². The highest BCUT2D eigenvalue weighted by Crippen LogP contribution is 2.37. The molecule has 1 atom stereocenters. The van der Waals surface area contributed by atoms with E-state index < -0.39 is 0 Å². The van der Waals surface area contributed by atoms with Crippen LogP contribution < -0.4 is 14.8 Å². The van der Waals surface area contributed by atoms with E-state index in [4.69, 9.17) is 14.2 Å². The monoisotopic (exact) mass is 317 g/mol. The van der Waals surface area contributed by atoms with Crippen LogP contribution in [0.1, 0.15) is 12.5 Å². The molecule has 102 valence electrons. The Balaban J connectivity index is 2.95. The van der Waals surface area contributed by atoms with E-state index in [-0.39, 0.29) is 6.10 Å². The third-order valence-corrected chi connectivity index (χ3v) is 2.98. The Morgan fingerprint density at radius 3 is 2.61 bits per heavy atom. The van der Waals surface area contributed by atoms with Crippen LogP contribution in [0.4, 0.5) is 0 Å². The molecule has 1 unspecified atom stereocenters. The first-order valence-corrected chi connectivity index (χ1v) is 6.58. The molecular weight excluding hydrogens is 298 g/mol. The van der Waals surface area contributed by atoms with Crippen molar-refractivity contribution in [1.82, 2.24) is 5.32 Å². The van der Waals surface area contributed by atoms with Gasteiger partial charge in [-0.25, -0.2) is 0 Å². The molecule has 0 bridgehead atoms. The van der Waals surface area contributed by atoms with Gasteiger partial charge in [0.25, 0.3) is 0 Å². The molecule has 1 N–H and O–H groups in total. The van der Waals surface area contributed by atoms with Gasteiger partial charge >= 0.3 is 0 Å². The number of methoxy groups -OCH3 is 2. The van der Waals surface area contributed by atoms with E-state index in [1.807, 2.05) is 26.1 Å². The molecule has 0 aromatic heterocycles. The Labute approximate surface area is 117 Å². The van der Waals surface area contributed by atoms with Crippen LogP contribution >= 0.6 is 15.9 Å². The molecule has 0 aliphatic carbocycles. The molecule has 0 saturated heterocycles. The van der Waals surface area contributed by atoms with E-state index in [0.29, 0.717) is 12.4 Å². The normalized spacial score (nSPS) is 12.3. The topological polar surface area (TPSA) is 39.7 Å². The highest BCUT2D eigenvalue weighted by atomic mass is 79.9. The zero-order chi connectivity index (χ0) is 13.5. The Morgan fingerprint density at radius 2 is 2.06 bits per heavy atom. The number of halogens is 1. The van der Waals surface area contributed by atoms with Crippen LogP contribution in [-0.2, 0) is 11.3 Å². The van der Waals surface area contributed by atoms with Crippen molar-refractivity contribution < 1.29 is 14.2 Å². The van der Waals surface area contributed by atoms with Crippen LogP contribution in [0.25, 0.3) is 0 Å². The summed E-state index contributed by atoms with van der Waals surface area (Å²) in [5.74, 6) is 1.43. The lowest BCUT2D eigenvalue weighted by Gasteiger charge is -2.18. The summed E-state index contributed by atoms with van der Waals surface area (Å²) in [6.45, 7) is 3.27. The van der Waals surface area contributed by atoms with Crippen molar-refractivity contribution in [3.63, 3.8) is 0 Å². The second-order valence-corrected chi connectivity index (χ2v) is 4.88. The number of ether oxygens (including phenoxy) is 3. The van der Waals surface area contributed by atoms with Crippen LogP contribution in [0.3, 0.4) is 0 Å². The molecule has 1 rings (SSSR count). The number of rotatable bonds is 7. The van der Waals surface area contributed by atoms with Crippen molar-refractivity contribution in [3.8, 4) is 11.5 Å². The van der Waals surface area contributed by atoms with Crippen LogP contribution in [0, 0.1) is 0 Å². The fourth-order valence-corrected chi connectivity index (χ4v) is 2.25. The highest BCUT2D eigenvalue weighted by molar-refractivity contribution is 9.10. The number of hydrogen-bond donors (Lipinski definition) is 1. The van der Waals surface area contributed by atoms with Gasteiger partial charge in [0.2, 0.25) is 0 Å². The zero-order valence-electron chi connectivity index (χ0n) is 11.2. The maximum atomic E-state index is 5.82. The van der Waals surface area contributed by atoms with Gasteiger partial charge in [0.15, 0.2) is 11.5 Å². The number of nitrogens with one attached hydrogen (secondary N) is 1. The van der Waals surface area contributed by atoms with Gasteiger partial charge in [-0.15, -0.1) is 0 Å². The second kappa shape index (κ2) is 7.61. The highest BCUT2D eigenvalue weighted by Gasteiger charge is 2.14. The summed E-state index contributed by atoms with van der Waals surface area (Å²) < 4.78 is 17.1. The Bertz CT molecular complexity index is 385. The molecule has 0 amide bonds. The first-order valence-electron chi connectivity index (χ1n) is 5.79. The minimum absolute atomic E-state index is 0.0321. The summed E-state index contributed by atoms with van der Waals surface area (Å²) in [7, 11) is 5.20. The molecule has 0 radical (unpaired) electrons. The number of hydrogen-bond acceptors (Lipinski definition) is 4. The lowest BCUT2D eigenvalue weighted by Crippen LogP contribution is -2.18. The minimum atomic E-state index is -0.0321. The summed E-state index contributed by atoms with van der Waals surface area (Å²) in [5.41, 5.74) is 1.13. The molecular formula is C13H20BrNO3. The first kappa shape index (κ1) is 15.3. The predicted molar refractivity (Wildman–Crippen MR) is 75.4 cm³/mol. The SMILES string of the molecule is CNCc1cc(Br)c(OC(C)COC)c(OC)c1. The molecule has 0 fully saturated rings. The standard InChI is InChI=1S/C13H20BrNO3/c1-9(8-16-3)18-13-11(14)5-10(7-15-2)6-12(13)17-4/h5-6,9,15H,7-8H2,1-4H3. The van der Waals surface area contributed by atoms with Crippen LogP contribution in [-0.4, -0.2) is 34.0 Å². The first-order chi connectivity index (χ1) is 8.62. The Kier molecular flexibility index (Phi) is 6.46. The fraction of sp³-hybridized carbons (Fsp3) is 0.538. The van der Waals surface area contributed by atoms with Gasteiger partial charge in [0, 0.05) is 13.7 Å². The van der Waals surface area contributed by atoms with E-state index in [1.54, 1.807) is 14.2 Å². The third kappa shape index (κ3) is 4.15. The molecule has 1 aromatic carbocycles. The van der Waals surface area contributed by atoms with E-state index in [9.17, 15) is 0 Å². The van der Waals surface area contributed by atoms with E-state index >= 15 is 0 Å². The molecule has 0 saturated carbocycles. The minimum Gasteiger partial charge on any atom is -0.493 e. The average Bonchev–Trinajstić information content (AvgIpc) is 2.33. The number of benzene rings is 1. The largest absolute Gasteiger partial charge is 0.493 e.